The lowest BCUT2D eigenvalue weighted by atomic mass is 10.2. The van der Waals surface area contributed by atoms with E-state index in [0.717, 1.165) is 30.5 Å². The van der Waals surface area contributed by atoms with E-state index in [1.54, 1.807) is 11.3 Å². The van der Waals surface area contributed by atoms with Crippen molar-refractivity contribution < 1.29 is 0 Å². The minimum Gasteiger partial charge on any atom is -0.344 e. The van der Waals surface area contributed by atoms with Gasteiger partial charge in [0.2, 0.25) is 0 Å². The second-order valence-electron chi connectivity index (χ2n) is 5.16. The molecule has 0 fully saturated rings. The van der Waals surface area contributed by atoms with Gasteiger partial charge < -0.3 is 10.2 Å². The SMILES string of the molecule is CCN(Cc1ccccc1)c1nc(CNC(C)C)cs1. The molecule has 108 valence electrons. The van der Waals surface area contributed by atoms with E-state index in [1.807, 2.05) is 0 Å². The quantitative estimate of drug-likeness (QED) is 0.843. The molecule has 1 aromatic heterocycles. The first-order valence-corrected chi connectivity index (χ1v) is 8.03. The van der Waals surface area contributed by atoms with Crippen LogP contribution in [0.5, 0.6) is 0 Å². The van der Waals surface area contributed by atoms with Crippen LogP contribution in [0.4, 0.5) is 5.13 Å². The molecule has 0 spiro atoms. The molecule has 0 saturated carbocycles. The van der Waals surface area contributed by atoms with E-state index in [9.17, 15) is 0 Å². The van der Waals surface area contributed by atoms with E-state index in [0.29, 0.717) is 6.04 Å². The van der Waals surface area contributed by atoms with Crippen molar-refractivity contribution in [2.24, 2.45) is 0 Å². The summed E-state index contributed by atoms with van der Waals surface area (Å²) in [5.41, 5.74) is 2.46. The minimum atomic E-state index is 0.492. The van der Waals surface area contributed by atoms with Gasteiger partial charge in [-0.3, -0.25) is 0 Å². The summed E-state index contributed by atoms with van der Waals surface area (Å²) in [4.78, 5) is 7.05. The molecule has 3 nitrogen and oxygen atoms in total. The average molecular weight is 289 g/mol. The van der Waals surface area contributed by atoms with Crippen LogP contribution in [0, 0.1) is 0 Å². The fourth-order valence-corrected chi connectivity index (χ4v) is 2.84. The summed E-state index contributed by atoms with van der Waals surface area (Å²) in [6.07, 6.45) is 0. The molecule has 0 amide bonds. The number of nitrogens with zero attached hydrogens (tertiary/aromatic N) is 2. The first kappa shape index (κ1) is 15.0. The summed E-state index contributed by atoms with van der Waals surface area (Å²) in [6, 6.07) is 11.0. The van der Waals surface area contributed by atoms with Crippen molar-refractivity contribution in [3.05, 3.63) is 47.0 Å². The highest BCUT2D eigenvalue weighted by Crippen LogP contribution is 2.22. The van der Waals surface area contributed by atoms with Gasteiger partial charge in [0.25, 0.3) is 0 Å². The Labute approximate surface area is 125 Å². The van der Waals surface area contributed by atoms with Gasteiger partial charge in [0.05, 0.1) is 5.69 Å². The molecule has 0 bridgehead atoms. The Hall–Kier alpha value is -1.39. The van der Waals surface area contributed by atoms with E-state index in [2.05, 4.69) is 66.7 Å². The summed E-state index contributed by atoms with van der Waals surface area (Å²) >= 11 is 1.73. The summed E-state index contributed by atoms with van der Waals surface area (Å²) in [7, 11) is 0. The molecule has 0 unspecified atom stereocenters. The lowest BCUT2D eigenvalue weighted by molar-refractivity contribution is 0.582. The topological polar surface area (TPSA) is 28.2 Å². The van der Waals surface area contributed by atoms with E-state index in [1.165, 1.54) is 5.56 Å². The predicted octanol–water partition coefficient (Wildman–Crippen LogP) is 3.67. The van der Waals surface area contributed by atoms with Gasteiger partial charge >= 0.3 is 0 Å². The highest BCUT2D eigenvalue weighted by Gasteiger charge is 2.10. The molecule has 1 heterocycles. The van der Waals surface area contributed by atoms with Crippen LogP contribution in [0.1, 0.15) is 32.0 Å². The van der Waals surface area contributed by atoms with E-state index < -0.39 is 0 Å². The standard InChI is InChI=1S/C16H23N3S/c1-4-19(11-14-8-6-5-7-9-14)16-18-15(12-20-16)10-17-13(2)3/h5-9,12-13,17H,4,10-11H2,1-3H3. The number of rotatable bonds is 7. The van der Waals surface area contributed by atoms with Crippen molar-refractivity contribution in [1.29, 1.82) is 0 Å². The molecular formula is C16H23N3S. The van der Waals surface area contributed by atoms with Crippen LogP contribution in [0.2, 0.25) is 0 Å². The summed E-state index contributed by atoms with van der Waals surface area (Å²) in [5.74, 6) is 0. The summed E-state index contributed by atoms with van der Waals surface area (Å²) < 4.78 is 0. The molecule has 1 aromatic carbocycles. The van der Waals surface area contributed by atoms with Crippen molar-refractivity contribution in [1.82, 2.24) is 10.3 Å². The van der Waals surface area contributed by atoms with E-state index in [4.69, 9.17) is 4.98 Å². The van der Waals surface area contributed by atoms with Gasteiger partial charge in [0, 0.05) is 31.1 Å². The second-order valence-corrected chi connectivity index (χ2v) is 5.99. The highest BCUT2D eigenvalue weighted by molar-refractivity contribution is 7.13. The molecule has 0 saturated heterocycles. The number of benzene rings is 1. The number of aromatic nitrogens is 1. The number of hydrogen-bond donors (Lipinski definition) is 1. The van der Waals surface area contributed by atoms with Crippen LogP contribution in [-0.4, -0.2) is 17.6 Å². The lowest BCUT2D eigenvalue weighted by Gasteiger charge is -2.19. The molecule has 0 atom stereocenters. The van der Waals surface area contributed by atoms with Gasteiger partial charge in [-0.1, -0.05) is 44.2 Å². The van der Waals surface area contributed by atoms with Crippen molar-refractivity contribution >= 4 is 16.5 Å². The molecule has 4 heteroatoms. The van der Waals surface area contributed by atoms with Crippen molar-refractivity contribution in [2.75, 3.05) is 11.4 Å². The fourth-order valence-electron chi connectivity index (χ4n) is 1.95. The maximum atomic E-state index is 4.73. The molecular weight excluding hydrogens is 266 g/mol. The van der Waals surface area contributed by atoms with Crippen LogP contribution in [0.25, 0.3) is 0 Å². The second kappa shape index (κ2) is 7.41. The van der Waals surface area contributed by atoms with Crippen LogP contribution < -0.4 is 10.2 Å². The molecule has 1 N–H and O–H groups in total. The van der Waals surface area contributed by atoms with E-state index >= 15 is 0 Å². The predicted molar refractivity (Wildman–Crippen MR) is 87.3 cm³/mol. The Bertz CT molecular complexity index is 507. The first-order valence-electron chi connectivity index (χ1n) is 7.15. The van der Waals surface area contributed by atoms with E-state index in [-0.39, 0.29) is 0 Å². The number of nitrogens with one attached hydrogen (secondary N) is 1. The van der Waals surface area contributed by atoms with Gasteiger partial charge in [-0.15, -0.1) is 11.3 Å². The van der Waals surface area contributed by atoms with Crippen LogP contribution >= 0.6 is 11.3 Å². The number of hydrogen-bond acceptors (Lipinski definition) is 4. The Kier molecular flexibility index (Phi) is 5.56. The van der Waals surface area contributed by atoms with Gasteiger partial charge in [0.1, 0.15) is 0 Å². The minimum absolute atomic E-state index is 0.492. The number of thiazole rings is 1. The Morgan fingerprint density at radius 2 is 2.00 bits per heavy atom. The zero-order valence-electron chi connectivity index (χ0n) is 12.5. The maximum Gasteiger partial charge on any atom is 0.185 e. The third kappa shape index (κ3) is 4.32. The third-order valence-electron chi connectivity index (χ3n) is 3.10. The van der Waals surface area contributed by atoms with Gasteiger partial charge in [-0.25, -0.2) is 4.98 Å². The van der Waals surface area contributed by atoms with Crippen LogP contribution in [0.15, 0.2) is 35.7 Å². The molecule has 0 aliphatic carbocycles. The smallest absolute Gasteiger partial charge is 0.185 e. The highest BCUT2D eigenvalue weighted by atomic mass is 32.1. The third-order valence-corrected chi connectivity index (χ3v) is 4.05. The van der Waals surface area contributed by atoms with Gasteiger partial charge in [-0.2, -0.15) is 0 Å². The summed E-state index contributed by atoms with van der Waals surface area (Å²) in [5, 5.41) is 6.67. The monoisotopic (exact) mass is 289 g/mol. The van der Waals surface area contributed by atoms with Crippen molar-refractivity contribution in [3.63, 3.8) is 0 Å². The number of anilines is 1. The van der Waals surface area contributed by atoms with Crippen molar-refractivity contribution in [2.45, 2.75) is 39.9 Å². The fraction of sp³-hybridized carbons (Fsp3) is 0.438. The van der Waals surface area contributed by atoms with Crippen molar-refractivity contribution in [3.8, 4) is 0 Å². The lowest BCUT2D eigenvalue weighted by Crippen LogP contribution is -2.23. The molecule has 2 rings (SSSR count). The molecule has 0 aliphatic heterocycles. The molecule has 0 radical (unpaired) electrons. The normalized spacial score (nSPS) is 11.0. The largest absolute Gasteiger partial charge is 0.344 e. The van der Waals surface area contributed by atoms with Crippen LogP contribution in [0.3, 0.4) is 0 Å². The summed E-state index contributed by atoms with van der Waals surface area (Å²) in [6.45, 7) is 9.22. The molecule has 0 aliphatic rings. The Morgan fingerprint density at radius 1 is 1.25 bits per heavy atom. The Balaban J connectivity index is 2.01. The average Bonchev–Trinajstić information content (AvgIpc) is 2.92. The zero-order chi connectivity index (χ0) is 14.4. The van der Waals surface area contributed by atoms with Crippen LogP contribution in [-0.2, 0) is 13.1 Å². The first-order chi connectivity index (χ1) is 9.69. The van der Waals surface area contributed by atoms with Gasteiger partial charge in [0.15, 0.2) is 5.13 Å². The molecule has 2 aromatic rings. The van der Waals surface area contributed by atoms with Gasteiger partial charge in [-0.05, 0) is 12.5 Å². The zero-order valence-corrected chi connectivity index (χ0v) is 13.3. The molecule has 20 heavy (non-hydrogen) atoms. The Morgan fingerprint density at radius 3 is 2.65 bits per heavy atom. The maximum absolute atomic E-state index is 4.73.